The van der Waals surface area contributed by atoms with E-state index in [0.29, 0.717) is 29.7 Å². The predicted octanol–water partition coefficient (Wildman–Crippen LogP) is 2.36. The topological polar surface area (TPSA) is 72.6 Å². The van der Waals surface area contributed by atoms with E-state index in [2.05, 4.69) is 5.16 Å². The van der Waals surface area contributed by atoms with Gasteiger partial charge in [-0.05, 0) is 57.3 Å². The Morgan fingerprint density at radius 3 is 2.71 bits per heavy atom. The first kappa shape index (κ1) is 13.3. The molecule has 0 amide bonds. The Labute approximate surface area is 123 Å². The molecular weight excluding hydrogens is 270 g/mol. The van der Waals surface area contributed by atoms with Gasteiger partial charge >= 0.3 is 5.97 Å². The summed E-state index contributed by atoms with van der Waals surface area (Å²) >= 11 is 0. The van der Waals surface area contributed by atoms with Crippen LogP contribution in [-0.4, -0.2) is 21.8 Å². The molecule has 4 fully saturated rings. The largest absolute Gasteiger partial charge is 0.459 e. The van der Waals surface area contributed by atoms with Gasteiger partial charge in [-0.2, -0.15) is 0 Å². The maximum absolute atomic E-state index is 12.6. The molecule has 21 heavy (non-hydrogen) atoms. The summed E-state index contributed by atoms with van der Waals surface area (Å²) in [6.07, 6.45) is 5.22. The van der Waals surface area contributed by atoms with Crippen LogP contribution in [0, 0.1) is 24.2 Å². The van der Waals surface area contributed by atoms with E-state index >= 15 is 0 Å². The van der Waals surface area contributed by atoms with Crippen molar-refractivity contribution in [3.63, 3.8) is 0 Å². The van der Waals surface area contributed by atoms with Gasteiger partial charge in [-0.1, -0.05) is 5.16 Å². The van der Waals surface area contributed by atoms with Crippen molar-refractivity contribution in [2.24, 2.45) is 17.3 Å². The molecule has 4 atom stereocenters. The van der Waals surface area contributed by atoms with E-state index in [9.17, 15) is 9.90 Å². The van der Waals surface area contributed by atoms with Crippen LogP contribution < -0.4 is 0 Å². The van der Waals surface area contributed by atoms with E-state index in [1.165, 1.54) is 6.42 Å². The SMILES string of the molecule is Cc1cc(COC(=O)C23C[C@@H]4C[C@@H](CC(O)(C4)C2)C3)no1. The molecule has 0 aromatic carbocycles. The fraction of sp³-hybridized carbons (Fsp3) is 0.750. The van der Waals surface area contributed by atoms with Crippen LogP contribution in [0.4, 0.5) is 0 Å². The molecule has 1 aromatic rings. The van der Waals surface area contributed by atoms with Gasteiger partial charge in [-0.3, -0.25) is 4.79 Å². The molecule has 4 bridgehead atoms. The molecule has 4 saturated carbocycles. The number of hydrogen-bond acceptors (Lipinski definition) is 5. The average molecular weight is 291 g/mol. The summed E-state index contributed by atoms with van der Waals surface area (Å²) in [5.74, 6) is 1.53. The monoisotopic (exact) mass is 291 g/mol. The van der Waals surface area contributed by atoms with Crippen molar-refractivity contribution in [1.29, 1.82) is 0 Å². The Morgan fingerprint density at radius 1 is 1.43 bits per heavy atom. The van der Waals surface area contributed by atoms with E-state index in [-0.39, 0.29) is 12.6 Å². The van der Waals surface area contributed by atoms with Crippen molar-refractivity contribution in [2.75, 3.05) is 0 Å². The minimum absolute atomic E-state index is 0.157. The van der Waals surface area contributed by atoms with Crippen LogP contribution >= 0.6 is 0 Å². The van der Waals surface area contributed by atoms with E-state index in [1.807, 2.05) is 6.92 Å². The van der Waals surface area contributed by atoms with Crippen LogP contribution in [0.25, 0.3) is 0 Å². The lowest BCUT2D eigenvalue weighted by atomic mass is 9.48. The predicted molar refractivity (Wildman–Crippen MR) is 73.1 cm³/mol. The molecule has 4 aliphatic rings. The lowest BCUT2D eigenvalue weighted by Gasteiger charge is -2.58. The molecule has 2 unspecified atom stereocenters. The van der Waals surface area contributed by atoms with Gasteiger partial charge in [0.1, 0.15) is 18.1 Å². The van der Waals surface area contributed by atoms with Gasteiger partial charge in [0, 0.05) is 6.07 Å². The average Bonchev–Trinajstić information content (AvgIpc) is 2.79. The number of aliphatic hydroxyl groups is 1. The fourth-order valence-corrected chi connectivity index (χ4v) is 5.23. The van der Waals surface area contributed by atoms with E-state index in [1.54, 1.807) is 6.07 Å². The summed E-state index contributed by atoms with van der Waals surface area (Å²) in [4.78, 5) is 12.6. The van der Waals surface area contributed by atoms with E-state index < -0.39 is 11.0 Å². The summed E-state index contributed by atoms with van der Waals surface area (Å²) in [6, 6.07) is 1.78. The Hall–Kier alpha value is -1.36. The Balaban J connectivity index is 1.49. The van der Waals surface area contributed by atoms with Gasteiger partial charge in [0.2, 0.25) is 0 Å². The molecule has 1 N–H and O–H groups in total. The normalized spacial score (nSPS) is 40.5. The fourth-order valence-electron chi connectivity index (χ4n) is 5.23. The first-order valence-electron chi connectivity index (χ1n) is 7.78. The van der Waals surface area contributed by atoms with Crippen LogP contribution in [0.1, 0.15) is 50.0 Å². The Kier molecular flexibility index (Phi) is 2.74. The molecule has 4 aliphatic carbocycles. The van der Waals surface area contributed by atoms with Crippen molar-refractivity contribution in [3.8, 4) is 0 Å². The van der Waals surface area contributed by atoms with Crippen molar-refractivity contribution < 1.29 is 19.2 Å². The number of rotatable bonds is 3. The molecular formula is C16H21NO4. The quantitative estimate of drug-likeness (QED) is 0.865. The van der Waals surface area contributed by atoms with Crippen LogP contribution in [-0.2, 0) is 16.1 Å². The third kappa shape index (κ3) is 2.18. The standard InChI is InChI=1S/C16H21NO4/c1-10-2-13(17-21-10)8-20-14(18)15-4-11-3-12(5-15)7-16(19,6-11)9-15/h2,11-12,19H,3-9H2,1H3/t11-,12+,15?,16?. The number of aromatic nitrogens is 1. The molecule has 1 aromatic heterocycles. The number of carbonyl (C=O) groups is 1. The minimum atomic E-state index is -0.631. The first-order chi connectivity index (χ1) is 9.96. The smallest absolute Gasteiger partial charge is 0.312 e. The van der Waals surface area contributed by atoms with Gasteiger partial charge in [0.15, 0.2) is 0 Å². The van der Waals surface area contributed by atoms with Gasteiger partial charge in [-0.25, -0.2) is 0 Å². The highest BCUT2D eigenvalue weighted by Gasteiger charge is 2.60. The zero-order valence-electron chi connectivity index (χ0n) is 12.3. The summed E-state index contributed by atoms with van der Waals surface area (Å²) in [7, 11) is 0. The second-order valence-corrected chi connectivity index (χ2v) is 7.47. The van der Waals surface area contributed by atoms with Crippen molar-refractivity contribution in [3.05, 3.63) is 17.5 Å². The highest BCUT2D eigenvalue weighted by Crippen LogP contribution is 2.61. The van der Waals surface area contributed by atoms with Gasteiger partial charge in [-0.15, -0.1) is 0 Å². The molecule has 0 radical (unpaired) electrons. The molecule has 5 nitrogen and oxygen atoms in total. The van der Waals surface area contributed by atoms with Gasteiger partial charge in [0.05, 0.1) is 11.0 Å². The molecule has 0 spiro atoms. The van der Waals surface area contributed by atoms with Crippen LogP contribution in [0.2, 0.25) is 0 Å². The van der Waals surface area contributed by atoms with Crippen molar-refractivity contribution >= 4 is 5.97 Å². The van der Waals surface area contributed by atoms with Crippen LogP contribution in [0.3, 0.4) is 0 Å². The summed E-state index contributed by atoms with van der Waals surface area (Å²) in [5.41, 5.74) is -0.449. The third-order valence-corrected chi connectivity index (χ3v) is 5.49. The number of aryl methyl sites for hydroxylation is 1. The van der Waals surface area contributed by atoms with Crippen LogP contribution in [0.15, 0.2) is 10.6 Å². The number of nitrogens with zero attached hydrogens (tertiary/aromatic N) is 1. The maximum Gasteiger partial charge on any atom is 0.312 e. The zero-order chi connectivity index (χ0) is 14.7. The highest BCUT2D eigenvalue weighted by molar-refractivity contribution is 5.77. The molecule has 0 aliphatic heterocycles. The Morgan fingerprint density at radius 2 is 2.14 bits per heavy atom. The second kappa shape index (κ2) is 4.32. The molecule has 114 valence electrons. The van der Waals surface area contributed by atoms with Gasteiger partial charge in [0.25, 0.3) is 0 Å². The minimum Gasteiger partial charge on any atom is -0.459 e. The number of hydrogen-bond donors (Lipinski definition) is 1. The summed E-state index contributed by atoms with van der Waals surface area (Å²) in [5, 5.41) is 14.5. The third-order valence-electron chi connectivity index (χ3n) is 5.49. The summed E-state index contributed by atoms with van der Waals surface area (Å²) in [6.45, 7) is 1.97. The number of esters is 1. The molecule has 5 rings (SSSR count). The second-order valence-electron chi connectivity index (χ2n) is 7.47. The van der Waals surface area contributed by atoms with E-state index in [0.717, 1.165) is 25.7 Å². The van der Waals surface area contributed by atoms with Crippen molar-refractivity contribution in [1.82, 2.24) is 5.16 Å². The lowest BCUT2D eigenvalue weighted by molar-refractivity contribution is -0.197. The first-order valence-corrected chi connectivity index (χ1v) is 7.78. The summed E-state index contributed by atoms with van der Waals surface area (Å²) < 4.78 is 10.5. The zero-order valence-corrected chi connectivity index (χ0v) is 12.3. The van der Waals surface area contributed by atoms with Crippen LogP contribution in [0.5, 0.6) is 0 Å². The Bertz CT molecular complexity index is 565. The maximum atomic E-state index is 12.6. The lowest BCUT2D eigenvalue weighted by Crippen LogP contribution is -2.58. The molecule has 0 saturated heterocycles. The van der Waals surface area contributed by atoms with E-state index in [4.69, 9.17) is 9.26 Å². The number of carbonyl (C=O) groups excluding carboxylic acids is 1. The van der Waals surface area contributed by atoms with Gasteiger partial charge < -0.3 is 14.4 Å². The van der Waals surface area contributed by atoms with Crippen molar-refractivity contribution in [2.45, 2.75) is 57.7 Å². The molecule has 5 heteroatoms. The molecule has 1 heterocycles. The number of ether oxygens (including phenoxy) is 1. The highest BCUT2D eigenvalue weighted by atomic mass is 16.5.